The molecule has 1 aliphatic heterocycles. The molecule has 0 bridgehead atoms. The van der Waals surface area contributed by atoms with Crippen molar-refractivity contribution in [1.29, 1.82) is 0 Å². The number of ether oxygens (including phenoxy) is 5. The van der Waals surface area contributed by atoms with Crippen molar-refractivity contribution in [3.05, 3.63) is 0 Å². The minimum Gasteiger partial charge on any atom is -0.452 e. The van der Waals surface area contributed by atoms with Crippen LogP contribution in [0, 0.1) is 0 Å². The van der Waals surface area contributed by atoms with E-state index in [9.17, 15) is 19.2 Å². The van der Waals surface area contributed by atoms with Crippen LogP contribution in [0.2, 0.25) is 0 Å². The average molecular weight is 318 g/mol. The topological polar surface area (TPSA) is 114 Å². The van der Waals surface area contributed by atoms with E-state index >= 15 is 0 Å². The SMILES string of the molecule is CCC(=O)O[C@H]1O[C@@H](OC(C)=O)[C@H](OC(C)=O)[C@H]1OC(C)=O. The van der Waals surface area contributed by atoms with E-state index in [2.05, 4.69) is 0 Å². The molecule has 22 heavy (non-hydrogen) atoms. The van der Waals surface area contributed by atoms with Gasteiger partial charge in [0.25, 0.3) is 0 Å². The number of esters is 4. The molecule has 0 radical (unpaired) electrons. The first-order chi connectivity index (χ1) is 10.2. The molecule has 0 spiro atoms. The lowest BCUT2D eigenvalue weighted by molar-refractivity contribution is -0.223. The van der Waals surface area contributed by atoms with Crippen LogP contribution in [0.15, 0.2) is 0 Å². The molecule has 0 amide bonds. The highest BCUT2D eigenvalue weighted by Gasteiger charge is 2.53. The Morgan fingerprint density at radius 2 is 1.18 bits per heavy atom. The van der Waals surface area contributed by atoms with Crippen LogP contribution in [0.1, 0.15) is 34.1 Å². The van der Waals surface area contributed by atoms with Crippen LogP contribution in [0.5, 0.6) is 0 Å². The van der Waals surface area contributed by atoms with E-state index in [1.165, 1.54) is 0 Å². The summed E-state index contributed by atoms with van der Waals surface area (Å²) < 4.78 is 25.0. The molecule has 9 heteroatoms. The number of hydrogen-bond acceptors (Lipinski definition) is 9. The lowest BCUT2D eigenvalue weighted by atomic mass is 10.2. The predicted molar refractivity (Wildman–Crippen MR) is 67.9 cm³/mol. The van der Waals surface area contributed by atoms with Gasteiger partial charge in [0, 0.05) is 27.2 Å². The molecule has 0 aromatic carbocycles. The van der Waals surface area contributed by atoms with Gasteiger partial charge in [-0.05, 0) is 0 Å². The van der Waals surface area contributed by atoms with Crippen LogP contribution in [-0.2, 0) is 42.9 Å². The largest absolute Gasteiger partial charge is 0.452 e. The van der Waals surface area contributed by atoms with E-state index in [1.807, 2.05) is 0 Å². The monoisotopic (exact) mass is 318 g/mol. The Morgan fingerprint density at radius 1 is 0.773 bits per heavy atom. The Balaban J connectivity index is 2.99. The normalized spacial score (nSPS) is 26.9. The maximum absolute atomic E-state index is 11.4. The molecule has 9 nitrogen and oxygen atoms in total. The first kappa shape index (κ1) is 17.9. The van der Waals surface area contributed by atoms with E-state index in [0.29, 0.717) is 0 Å². The van der Waals surface area contributed by atoms with E-state index < -0.39 is 48.7 Å². The van der Waals surface area contributed by atoms with Gasteiger partial charge in [-0.2, -0.15) is 0 Å². The number of carbonyl (C=O) groups is 4. The Kier molecular flexibility index (Phi) is 6.29. The molecule has 0 unspecified atom stereocenters. The molecule has 1 rings (SSSR count). The maximum Gasteiger partial charge on any atom is 0.307 e. The second-order valence-electron chi connectivity index (χ2n) is 4.47. The Labute approximate surface area is 126 Å². The van der Waals surface area contributed by atoms with Crippen LogP contribution >= 0.6 is 0 Å². The third-order valence-corrected chi connectivity index (χ3v) is 2.55. The van der Waals surface area contributed by atoms with Gasteiger partial charge in [0.2, 0.25) is 24.8 Å². The van der Waals surface area contributed by atoms with Crippen molar-refractivity contribution < 1.29 is 42.9 Å². The third kappa shape index (κ3) is 4.99. The summed E-state index contributed by atoms with van der Waals surface area (Å²) >= 11 is 0. The average Bonchev–Trinajstić information content (AvgIpc) is 2.66. The molecule has 1 heterocycles. The van der Waals surface area contributed by atoms with Crippen molar-refractivity contribution in [1.82, 2.24) is 0 Å². The van der Waals surface area contributed by atoms with E-state index in [1.54, 1.807) is 6.92 Å². The summed E-state index contributed by atoms with van der Waals surface area (Å²) in [4.78, 5) is 44.9. The smallest absolute Gasteiger partial charge is 0.307 e. The molecule has 0 aliphatic carbocycles. The molecule has 124 valence electrons. The predicted octanol–water partition coefficient (Wildman–Crippen LogP) is 0.0485. The minimum atomic E-state index is -1.35. The van der Waals surface area contributed by atoms with Gasteiger partial charge in [-0.15, -0.1) is 0 Å². The zero-order chi connectivity index (χ0) is 16.9. The van der Waals surface area contributed by atoms with Gasteiger partial charge in [0.1, 0.15) is 0 Å². The van der Waals surface area contributed by atoms with Crippen LogP contribution < -0.4 is 0 Å². The second kappa shape index (κ2) is 7.74. The lowest BCUT2D eigenvalue weighted by Crippen LogP contribution is -2.41. The molecule has 0 aromatic heterocycles. The van der Waals surface area contributed by atoms with Crippen LogP contribution in [0.3, 0.4) is 0 Å². The maximum atomic E-state index is 11.4. The summed E-state index contributed by atoms with van der Waals surface area (Å²) in [6, 6.07) is 0. The van der Waals surface area contributed by atoms with Gasteiger partial charge in [0.15, 0.2) is 0 Å². The fourth-order valence-corrected chi connectivity index (χ4v) is 1.79. The Hall–Kier alpha value is -2.16. The van der Waals surface area contributed by atoms with Crippen LogP contribution in [0.25, 0.3) is 0 Å². The first-order valence-electron chi connectivity index (χ1n) is 6.61. The van der Waals surface area contributed by atoms with E-state index in [4.69, 9.17) is 23.7 Å². The van der Waals surface area contributed by atoms with Crippen LogP contribution in [0.4, 0.5) is 0 Å². The van der Waals surface area contributed by atoms with E-state index in [0.717, 1.165) is 20.8 Å². The highest BCUT2D eigenvalue weighted by Crippen LogP contribution is 2.29. The second-order valence-corrected chi connectivity index (χ2v) is 4.47. The summed E-state index contributed by atoms with van der Waals surface area (Å²) in [7, 11) is 0. The molecule has 1 fully saturated rings. The zero-order valence-corrected chi connectivity index (χ0v) is 12.7. The fourth-order valence-electron chi connectivity index (χ4n) is 1.79. The molecule has 0 N–H and O–H groups in total. The van der Waals surface area contributed by atoms with E-state index in [-0.39, 0.29) is 6.42 Å². The molecular formula is C13H18O9. The summed E-state index contributed by atoms with van der Waals surface area (Å²) in [6.45, 7) is 4.94. The van der Waals surface area contributed by atoms with Crippen molar-refractivity contribution >= 4 is 23.9 Å². The number of carbonyl (C=O) groups excluding carboxylic acids is 4. The first-order valence-corrected chi connectivity index (χ1v) is 6.61. The summed E-state index contributed by atoms with van der Waals surface area (Å²) in [5.41, 5.74) is 0. The molecule has 4 atom stereocenters. The highest BCUT2D eigenvalue weighted by atomic mass is 16.8. The minimum absolute atomic E-state index is 0.0586. The Bertz CT molecular complexity index is 458. The zero-order valence-electron chi connectivity index (χ0n) is 12.7. The molecule has 1 saturated heterocycles. The quantitative estimate of drug-likeness (QED) is 0.512. The van der Waals surface area contributed by atoms with Gasteiger partial charge in [-0.3, -0.25) is 23.9 Å². The van der Waals surface area contributed by atoms with Gasteiger partial charge < -0.3 is 18.9 Å². The van der Waals surface area contributed by atoms with Crippen molar-refractivity contribution in [3.8, 4) is 0 Å². The van der Waals surface area contributed by atoms with Gasteiger partial charge in [0.05, 0.1) is 0 Å². The molecule has 0 aromatic rings. The fraction of sp³-hybridized carbons (Fsp3) is 0.692. The molecular weight excluding hydrogens is 300 g/mol. The van der Waals surface area contributed by atoms with Gasteiger partial charge in [-0.1, -0.05) is 6.92 Å². The lowest BCUT2D eigenvalue weighted by Gasteiger charge is -2.22. The van der Waals surface area contributed by atoms with Crippen molar-refractivity contribution in [3.63, 3.8) is 0 Å². The standard InChI is InChI=1S/C13H18O9/c1-5-9(17)21-13-11(19-7(3)15)10(18-6(2)14)12(22-13)20-8(4)16/h10-13H,5H2,1-4H3/t10-,11-,12-,13+/m1/s1. The van der Waals surface area contributed by atoms with Crippen molar-refractivity contribution in [2.45, 2.75) is 58.9 Å². The van der Waals surface area contributed by atoms with Gasteiger partial charge in [-0.25, -0.2) is 0 Å². The van der Waals surface area contributed by atoms with Crippen LogP contribution in [-0.4, -0.2) is 48.7 Å². The van der Waals surface area contributed by atoms with Crippen molar-refractivity contribution in [2.75, 3.05) is 0 Å². The summed E-state index contributed by atoms with van der Waals surface area (Å²) in [6.07, 6.45) is -5.10. The number of hydrogen-bond donors (Lipinski definition) is 0. The molecule has 0 saturated carbocycles. The highest BCUT2D eigenvalue weighted by molar-refractivity contribution is 5.70. The number of rotatable bonds is 5. The van der Waals surface area contributed by atoms with Crippen molar-refractivity contribution in [2.24, 2.45) is 0 Å². The summed E-state index contributed by atoms with van der Waals surface area (Å²) in [5.74, 6) is -2.73. The Morgan fingerprint density at radius 3 is 1.55 bits per heavy atom. The molecule has 1 aliphatic rings. The summed E-state index contributed by atoms with van der Waals surface area (Å²) in [5, 5.41) is 0. The third-order valence-electron chi connectivity index (χ3n) is 2.55. The van der Waals surface area contributed by atoms with Gasteiger partial charge >= 0.3 is 23.9 Å².